The highest BCUT2D eigenvalue weighted by Gasteiger charge is 2.11. The largest absolute Gasteiger partial charge is 0.445 e. The van der Waals surface area contributed by atoms with Gasteiger partial charge in [-0.05, 0) is 11.1 Å². The molecule has 102 valence electrons. The van der Waals surface area contributed by atoms with Gasteiger partial charge >= 0.3 is 6.09 Å². The van der Waals surface area contributed by atoms with E-state index in [0.29, 0.717) is 0 Å². The Kier molecular flexibility index (Phi) is 4.95. The van der Waals surface area contributed by atoms with Crippen LogP contribution >= 0.6 is 0 Å². The molecule has 2 aromatic rings. The zero-order chi connectivity index (χ0) is 14.2. The Labute approximate surface area is 118 Å². The number of hydrogen-bond acceptors (Lipinski definition) is 2. The summed E-state index contributed by atoms with van der Waals surface area (Å²) in [6.45, 7) is 3.99. The lowest BCUT2D eigenvalue weighted by molar-refractivity contribution is 0.137. The number of alkyl carbamates (subject to hydrolysis) is 1. The fourth-order valence-corrected chi connectivity index (χ4v) is 1.83. The average molecular weight is 267 g/mol. The first-order valence-electron chi connectivity index (χ1n) is 6.44. The van der Waals surface area contributed by atoms with Crippen LogP contribution in [-0.2, 0) is 11.3 Å². The molecule has 0 heterocycles. The van der Waals surface area contributed by atoms with Gasteiger partial charge < -0.3 is 10.1 Å². The topological polar surface area (TPSA) is 38.3 Å². The highest BCUT2D eigenvalue weighted by Crippen LogP contribution is 2.13. The van der Waals surface area contributed by atoms with E-state index in [1.807, 2.05) is 60.7 Å². The SMILES string of the molecule is C=CC(NC(=O)OCc1ccccc1)c1ccccc1. The standard InChI is InChI=1S/C17H17NO2/c1-2-16(15-11-7-4-8-12-15)18-17(19)20-13-14-9-5-3-6-10-14/h2-12,16H,1,13H2,(H,18,19). The molecule has 3 heteroatoms. The van der Waals surface area contributed by atoms with E-state index in [9.17, 15) is 4.79 Å². The van der Waals surface area contributed by atoms with Gasteiger partial charge in [0.25, 0.3) is 0 Å². The Morgan fingerprint density at radius 1 is 1.10 bits per heavy atom. The number of nitrogens with one attached hydrogen (secondary N) is 1. The van der Waals surface area contributed by atoms with Crippen LogP contribution in [0.4, 0.5) is 4.79 Å². The number of carbonyl (C=O) groups is 1. The molecule has 0 saturated heterocycles. The maximum absolute atomic E-state index is 11.8. The van der Waals surface area contributed by atoms with Crippen molar-refractivity contribution in [3.63, 3.8) is 0 Å². The molecule has 0 saturated carbocycles. The first kappa shape index (κ1) is 13.9. The van der Waals surface area contributed by atoms with E-state index in [-0.39, 0.29) is 12.6 Å². The van der Waals surface area contributed by atoms with Crippen molar-refractivity contribution in [1.29, 1.82) is 0 Å². The van der Waals surface area contributed by atoms with Gasteiger partial charge in [-0.25, -0.2) is 4.79 Å². The van der Waals surface area contributed by atoms with Crippen LogP contribution < -0.4 is 5.32 Å². The summed E-state index contributed by atoms with van der Waals surface area (Å²) >= 11 is 0. The molecule has 2 aromatic carbocycles. The maximum atomic E-state index is 11.8. The third-order valence-corrected chi connectivity index (χ3v) is 2.88. The van der Waals surface area contributed by atoms with Crippen LogP contribution in [0.15, 0.2) is 73.3 Å². The molecule has 1 N–H and O–H groups in total. The highest BCUT2D eigenvalue weighted by molar-refractivity contribution is 5.68. The predicted octanol–water partition coefficient (Wildman–Crippen LogP) is 3.84. The van der Waals surface area contributed by atoms with E-state index in [1.54, 1.807) is 6.08 Å². The van der Waals surface area contributed by atoms with Crippen LogP contribution in [0, 0.1) is 0 Å². The van der Waals surface area contributed by atoms with Crippen molar-refractivity contribution in [1.82, 2.24) is 5.32 Å². The van der Waals surface area contributed by atoms with Gasteiger partial charge in [0.2, 0.25) is 0 Å². The van der Waals surface area contributed by atoms with Crippen LogP contribution in [-0.4, -0.2) is 6.09 Å². The minimum Gasteiger partial charge on any atom is -0.445 e. The van der Waals surface area contributed by atoms with Crippen molar-refractivity contribution >= 4 is 6.09 Å². The second kappa shape index (κ2) is 7.14. The van der Waals surface area contributed by atoms with Gasteiger partial charge in [0.05, 0.1) is 6.04 Å². The molecule has 0 radical (unpaired) electrons. The molecule has 0 aromatic heterocycles. The summed E-state index contributed by atoms with van der Waals surface area (Å²) in [7, 11) is 0. The van der Waals surface area contributed by atoms with E-state index >= 15 is 0 Å². The Bertz CT molecular complexity index is 552. The lowest BCUT2D eigenvalue weighted by Crippen LogP contribution is -2.27. The van der Waals surface area contributed by atoms with Gasteiger partial charge in [-0.15, -0.1) is 6.58 Å². The molecule has 0 aliphatic heterocycles. The number of hydrogen-bond donors (Lipinski definition) is 1. The Hall–Kier alpha value is -2.55. The molecule has 0 spiro atoms. The van der Waals surface area contributed by atoms with Crippen LogP contribution in [0.1, 0.15) is 17.2 Å². The predicted molar refractivity (Wildman–Crippen MR) is 79.1 cm³/mol. The monoisotopic (exact) mass is 267 g/mol. The summed E-state index contributed by atoms with van der Waals surface area (Å²) in [4.78, 5) is 11.8. The van der Waals surface area contributed by atoms with Crippen molar-refractivity contribution in [2.45, 2.75) is 12.6 Å². The molecule has 0 fully saturated rings. The Morgan fingerprint density at radius 3 is 2.30 bits per heavy atom. The van der Waals surface area contributed by atoms with E-state index in [4.69, 9.17) is 4.74 Å². The van der Waals surface area contributed by atoms with Gasteiger partial charge in [-0.3, -0.25) is 0 Å². The number of amides is 1. The minimum atomic E-state index is -0.456. The lowest BCUT2D eigenvalue weighted by Gasteiger charge is -2.15. The minimum absolute atomic E-state index is 0.250. The summed E-state index contributed by atoms with van der Waals surface area (Å²) in [5.41, 5.74) is 1.93. The number of carbonyl (C=O) groups excluding carboxylic acids is 1. The third-order valence-electron chi connectivity index (χ3n) is 2.88. The molecular formula is C17H17NO2. The maximum Gasteiger partial charge on any atom is 0.408 e. The molecule has 0 aliphatic rings. The van der Waals surface area contributed by atoms with Crippen molar-refractivity contribution in [3.8, 4) is 0 Å². The van der Waals surface area contributed by atoms with Crippen LogP contribution in [0.25, 0.3) is 0 Å². The molecule has 1 amide bonds. The summed E-state index contributed by atoms with van der Waals surface area (Å²) in [6, 6.07) is 19.0. The van der Waals surface area contributed by atoms with E-state index in [1.165, 1.54) is 0 Å². The fourth-order valence-electron chi connectivity index (χ4n) is 1.83. The molecular weight excluding hydrogens is 250 g/mol. The van der Waals surface area contributed by atoms with Gasteiger partial charge in [0.1, 0.15) is 6.61 Å². The van der Waals surface area contributed by atoms with Gasteiger partial charge in [-0.2, -0.15) is 0 Å². The van der Waals surface area contributed by atoms with E-state index < -0.39 is 6.09 Å². The van der Waals surface area contributed by atoms with E-state index in [2.05, 4.69) is 11.9 Å². The normalized spacial score (nSPS) is 11.4. The van der Waals surface area contributed by atoms with Crippen LogP contribution in [0.2, 0.25) is 0 Å². The quantitative estimate of drug-likeness (QED) is 0.836. The third kappa shape index (κ3) is 3.99. The van der Waals surface area contributed by atoms with Crippen molar-refractivity contribution in [2.75, 3.05) is 0 Å². The van der Waals surface area contributed by atoms with Gasteiger partial charge in [0.15, 0.2) is 0 Å². The first-order chi connectivity index (χ1) is 9.79. The molecule has 0 aliphatic carbocycles. The smallest absolute Gasteiger partial charge is 0.408 e. The van der Waals surface area contributed by atoms with Gasteiger partial charge in [0, 0.05) is 0 Å². The molecule has 3 nitrogen and oxygen atoms in total. The molecule has 1 atom stereocenters. The number of benzene rings is 2. The number of rotatable bonds is 5. The number of ether oxygens (including phenoxy) is 1. The second-order valence-corrected chi connectivity index (χ2v) is 4.33. The van der Waals surface area contributed by atoms with Crippen molar-refractivity contribution in [3.05, 3.63) is 84.4 Å². The van der Waals surface area contributed by atoms with Crippen molar-refractivity contribution in [2.24, 2.45) is 0 Å². The zero-order valence-corrected chi connectivity index (χ0v) is 11.2. The fraction of sp³-hybridized carbons (Fsp3) is 0.118. The summed E-state index contributed by atoms with van der Waals surface area (Å²) in [6.07, 6.45) is 1.22. The molecule has 1 unspecified atom stereocenters. The van der Waals surface area contributed by atoms with Crippen molar-refractivity contribution < 1.29 is 9.53 Å². The summed E-state index contributed by atoms with van der Waals surface area (Å²) < 4.78 is 5.18. The molecule has 2 rings (SSSR count). The highest BCUT2D eigenvalue weighted by atomic mass is 16.5. The molecule has 0 bridgehead atoms. The zero-order valence-electron chi connectivity index (χ0n) is 11.2. The average Bonchev–Trinajstić information content (AvgIpc) is 2.52. The lowest BCUT2D eigenvalue weighted by atomic mass is 10.1. The first-order valence-corrected chi connectivity index (χ1v) is 6.44. The van der Waals surface area contributed by atoms with Crippen LogP contribution in [0.5, 0.6) is 0 Å². The Balaban J connectivity index is 1.88. The Morgan fingerprint density at radius 2 is 1.70 bits per heavy atom. The van der Waals surface area contributed by atoms with E-state index in [0.717, 1.165) is 11.1 Å². The second-order valence-electron chi connectivity index (χ2n) is 4.33. The summed E-state index contributed by atoms with van der Waals surface area (Å²) in [5, 5.41) is 2.77. The molecule has 20 heavy (non-hydrogen) atoms. The van der Waals surface area contributed by atoms with Gasteiger partial charge in [-0.1, -0.05) is 66.7 Å². The van der Waals surface area contributed by atoms with Crippen LogP contribution in [0.3, 0.4) is 0 Å². The summed E-state index contributed by atoms with van der Waals surface area (Å²) in [5.74, 6) is 0.